The zero-order valence-electron chi connectivity index (χ0n) is 15.7. The van der Waals surface area contributed by atoms with Crippen molar-refractivity contribution in [3.05, 3.63) is 27.8 Å². The van der Waals surface area contributed by atoms with E-state index in [0.717, 1.165) is 4.90 Å². The third kappa shape index (κ3) is 4.10. The number of nitrogens with zero attached hydrogens (tertiary/aromatic N) is 4. The van der Waals surface area contributed by atoms with Gasteiger partial charge in [-0.05, 0) is 18.9 Å². The summed E-state index contributed by atoms with van der Waals surface area (Å²) >= 11 is 3.85. The minimum absolute atomic E-state index is 0.0160. The molecule has 0 bridgehead atoms. The van der Waals surface area contributed by atoms with Crippen molar-refractivity contribution in [1.82, 2.24) is 8.79 Å². The first-order chi connectivity index (χ1) is 13.7. The number of urea groups is 1. The summed E-state index contributed by atoms with van der Waals surface area (Å²) in [5.41, 5.74) is -4.86. The van der Waals surface area contributed by atoms with Gasteiger partial charge in [-0.15, -0.1) is 0 Å². The van der Waals surface area contributed by atoms with Crippen molar-refractivity contribution in [3.63, 3.8) is 0 Å². The Morgan fingerprint density at radius 2 is 1.67 bits per heavy atom. The van der Waals surface area contributed by atoms with E-state index in [1.165, 1.54) is 0 Å². The molecular weight excluding hydrogens is 442 g/mol. The normalized spacial score (nSPS) is 18.8. The van der Waals surface area contributed by atoms with Crippen LogP contribution in [0.4, 0.5) is 48.2 Å². The number of halogens is 6. The van der Waals surface area contributed by atoms with Crippen LogP contribution in [0.5, 0.6) is 0 Å². The Hall–Kier alpha value is -2.35. The van der Waals surface area contributed by atoms with Crippen molar-refractivity contribution in [2.45, 2.75) is 39.0 Å². The van der Waals surface area contributed by atoms with Crippen molar-refractivity contribution in [2.75, 3.05) is 13.1 Å². The average Bonchev–Trinajstić information content (AvgIpc) is 2.93. The van der Waals surface area contributed by atoms with Gasteiger partial charge < -0.3 is 0 Å². The van der Waals surface area contributed by atoms with E-state index in [2.05, 4.69) is 17.8 Å². The minimum Gasteiger partial charge on any atom is -0.291 e. The van der Waals surface area contributed by atoms with Gasteiger partial charge in [0.25, 0.3) is 5.69 Å². The lowest BCUT2D eigenvalue weighted by Crippen LogP contribution is -2.59. The fraction of sp³-hybridized carbons (Fsp3) is 0.500. The average molecular weight is 459 g/mol. The molecule has 0 aliphatic carbocycles. The van der Waals surface area contributed by atoms with E-state index in [9.17, 15) is 41.3 Å². The molecule has 0 spiro atoms. The second kappa shape index (κ2) is 8.06. The number of rotatable bonds is 5. The number of alkyl halides is 6. The molecule has 2 rings (SSSR count). The number of amidine groups is 1. The largest absolute Gasteiger partial charge is 0.489 e. The van der Waals surface area contributed by atoms with E-state index < -0.39 is 55.7 Å². The van der Waals surface area contributed by atoms with E-state index in [1.54, 1.807) is 13.8 Å². The molecule has 0 aromatic heterocycles. The fourth-order valence-corrected chi connectivity index (χ4v) is 3.59. The molecule has 1 aliphatic heterocycles. The molecule has 1 aromatic carbocycles. The van der Waals surface area contributed by atoms with Crippen LogP contribution in [0.3, 0.4) is 0 Å². The van der Waals surface area contributed by atoms with Gasteiger partial charge in [-0.25, -0.2) is 4.79 Å². The molecule has 30 heavy (non-hydrogen) atoms. The van der Waals surface area contributed by atoms with Gasteiger partial charge in [0.05, 0.1) is 23.3 Å². The Morgan fingerprint density at radius 1 is 1.13 bits per heavy atom. The Labute approximate surface area is 172 Å². The van der Waals surface area contributed by atoms with Crippen LogP contribution in [-0.4, -0.2) is 41.0 Å². The second-order valence-electron chi connectivity index (χ2n) is 6.46. The SMILES string of the molecule is CCCN(CCC)C(=O)[N+]1(S)C(C(F)(F)F)=Nc2cc(C(F)(F)F)cc([N+](=O)[O-])c21. The van der Waals surface area contributed by atoms with Crippen LogP contribution in [0.15, 0.2) is 17.1 Å². The van der Waals surface area contributed by atoms with E-state index in [1.807, 2.05) is 0 Å². The number of thiol groups is 1. The molecule has 0 saturated heterocycles. The second-order valence-corrected chi connectivity index (χ2v) is 7.06. The van der Waals surface area contributed by atoms with E-state index in [0.29, 0.717) is 12.8 Å². The van der Waals surface area contributed by atoms with Gasteiger partial charge in [0.15, 0.2) is 0 Å². The zero-order chi connectivity index (χ0) is 23.1. The summed E-state index contributed by atoms with van der Waals surface area (Å²) in [6.45, 7) is 3.35. The Morgan fingerprint density at radius 3 is 2.07 bits per heavy atom. The van der Waals surface area contributed by atoms with Gasteiger partial charge in [0.2, 0.25) is 0 Å². The fourth-order valence-electron chi connectivity index (χ4n) is 3.10. The number of amides is 2. The number of quaternary nitrogens is 1. The molecule has 0 radical (unpaired) electrons. The monoisotopic (exact) mass is 459 g/mol. The lowest BCUT2D eigenvalue weighted by molar-refractivity contribution is -0.384. The quantitative estimate of drug-likeness (QED) is 0.204. The molecule has 1 heterocycles. The number of nitro benzene ring substituents is 1. The van der Waals surface area contributed by atoms with Crippen LogP contribution in [-0.2, 0) is 6.18 Å². The van der Waals surface area contributed by atoms with Crippen LogP contribution in [0.1, 0.15) is 32.3 Å². The van der Waals surface area contributed by atoms with E-state index in [-0.39, 0.29) is 25.2 Å². The molecule has 1 unspecified atom stereocenters. The van der Waals surface area contributed by atoms with Gasteiger partial charge in [-0.2, -0.15) is 31.3 Å². The number of aliphatic imine (C=N–C) groups is 1. The molecule has 1 atom stereocenters. The third-order valence-electron chi connectivity index (χ3n) is 4.24. The maximum absolute atomic E-state index is 13.7. The summed E-state index contributed by atoms with van der Waals surface area (Å²) in [7, 11) is 0. The van der Waals surface area contributed by atoms with Crippen molar-refractivity contribution >= 4 is 41.7 Å². The van der Waals surface area contributed by atoms with Gasteiger partial charge >= 0.3 is 29.9 Å². The maximum atomic E-state index is 13.7. The molecule has 1 aliphatic rings. The smallest absolute Gasteiger partial charge is 0.291 e. The van der Waals surface area contributed by atoms with Crippen LogP contribution >= 0.6 is 12.8 Å². The van der Waals surface area contributed by atoms with Gasteiger partial charge in [0, 0.05) is 19.2 Å². The highest BCUT2D eigenvalue weighted by Gasteiger charge is 2.65. The topological polar surface area (TPSA) is 75.8 Å². The van der Waals surface area contributed by atoms with Gasteiger partial charge in [-0.3, -0.25) is 15.0 Å². The molecule has 14 heteroatoms. The highest BCUT2D eigenvalue weighted by atomic mass is 32.1. The minimum atomic E-state index is -5.30. The van der Waals surface area contributed by atoms with Crippen LogP contribution < -0.4 is 3.89 Å². The van der Waals surface area contributed by atoms with E-state index >= 15 is 0 Å². The van der Waals surface area contributed by atoms with Crippen LogP contribution in [0.25, 0.3) is 0 Å². The highest BCUT2D eigenvalue weighted by molar-refractivity contribution is 7.81. The predicted octanol–water partition coefficient (Wildman–Crippen LogP) is 5.61. The third-order valence-corrected chi connectivity index (χ3v) is 4.80. The van der Waals surface area contributed by atoms with Gasteiger partial charge in [-0.1, -0.05) is 17.7 Å². The summed E-state index contributed by atoms with van der Waals surface area (Å²) in [5.74, 6) is -1.87. The first kappa shape index (κ1) is 23.9. The van der Waals surface area contributed by atoms with Crippen molar-refractivity contribution < 1.29 is 36.1 Å². The summed E-state index contributed by atoms with van der Waals surface area (Å²) in [6, 6.07) is -0.977. The Kier molecular flexibility index (Phi) is 6.43. The number of carbonyl (C=O) groups excluding carboxylic acids is 1. The van der Waals surface area contributed by atoms with Crippen molar-refractivity contribution in [3.8, 4) is 0 Å². The van der Waals surface area contributed by atoms with Crippen molar-refractivity contribution in [2.24, 2.45) is 4.99 Å². The first-order valence-electron chi connectivity index (χ1n) is 8.67. The summed E-state index contributed by atoms with van der Waals surface area (Å²) in [5, 5.41) is 11.5. The number of hydrogen-bond acceptors (Lipinski definition) is 5. The first-order valence-corrected chi connectivity index (χ1v) is 9.07. The zero-order valence-corrected chi connectivity index (χ0v) is 16.6. The number of carbonyl (C=O) groups is 1. The number of fused-ring (bicyclic) bond motifs is 1. The molecule has 7 nitrogen and oxygen atoms in total. The standard InChI is InChI=1S/C16H17F6N4O3S/c1-3-5-24(6-4-2)14(27)26(30)12-10(23-13(26)16(20,21)22)7-9(15(17,18)19)8-11(12)25(28)29/h7-8,30H,3-6H2,1-2H3/q+1. The number of benzene rings is 1. The Balaban J connectivity index is 2.86. The summed E-state index contributed by atoms with van der Waals surface area (Å²) in [6.07, 6.45) is -9.66. The Bertz CT molecular complexity index is 896. The maximum Gasteiger partial charge on any atom is 0.489 e. The lowest BCUT2D eigenvalue weighted by Gasteiger charge is -2.31. The molecule has 0 N–H and O–H groups in total. The number of nitro groups is 1. The van der Waals surface area contributed by atoms with Crippen LogP contribution in [0.2, 0.25) is 0 Å². The highest BCUT2D eigenvalue weighted by Crippen LogP contribution is 2.53. The summed E-state index contributed by atoms with van der Waals surface area (Å²) in [4.78, 5) is 27.5. The molecular formula is C16H17F6N4O3S+. The molecule has 1 aromatic rings. The van der Waals surface area contributed by atoms with Gasteiger partial charge in [0.1, 0.15) is 5.69 Å². The summed E-state index contributed by atoms with van der Waals surface area (Å²) < 4.78 is 78.5. The predicted molar refractivity (Wildman–Crippen MR) is 99.6 cm³/mol. The van der Waals surface area contributed by atoms with Crippen LogP contribution in [0, 0.1) is 10.1 Å². The van der Waals surface area contributed by atoms with Crippen molar-refractivity contribution in [1.29, 1.82) is 0 Å². The van der Waals surface area contributed by atoms with E-state index in [4.69, 9.17) is 0 Å². The lowest BCUT2D eigenvalue weighted by atomic mass is 10.1. The molecule has 166 valence electrons. The number of hydrogen-bond donors (Lipinski definition) is 1. The molecule has 0 fully saturated rings. The molecule has 2 amide bonds. The molecule has 0 saturated carbocycles.